The van der Waals surface area contributed by atoms with Crippen molar-refractivity contribution < 1.29 is 14.3 Å². The maximum atomic E-state index is 12.6. The molecule has 0 saturated heterocycles. The predicted octanol–water partition coefficient (Wildman–Crippen LogP) is 3.66. The maximum Gasteiger partial charge on any atom is 0.252 e. The Balaban J connectivity index is 1.61. The van der Waals surface area contributed by atoms with E-state index in [4.69, 9.17) is 4.74 Å². The molecule has 0 radical (unpaired) electrons. The zero-order valence-corrected chi connectivity index (χ0v) is 19.6. The van der Waals surface area contributed by atoms with Crippen LogP contribution >= 0.6 is 11.8 Å². The second-order valence-electron chi connectivity index (χ2n) is 7.45. The van der Waals surface area contributed by atoms with Crippen LogP contribution in [0.4, 0.5) is 5.69 Å². The third kappa shape index (κ3) is 5.47. The number of carbonyl (C=O) groups is 2. The third-order valence-electron chi connectivity index (χ3n) is 4.95. The van der Waals surface area contributed by atoms with E-state index in [0.717, 1.165) is 11.1 Å². The molecular formula is C23H27N5O3S. The van der Waals surface area contributed by atoms with Crippen molar-refractivity contribution in [2.24, 2.45) is 7.05 Å². The molecule has 0 aliphatic carbocycles. The van der Waals surface area contributed by atoms with Crippen molar-refractivity contribution in [3.05, 3.63) is 65.0 Å². The molecular weight excluding hydrogens is 426 g/mol. The first-order valence-electron chi connectivity index (χ1n) is 10.1. The highest BCUT2D eigenvalue weighted by Crippen LogP contribution is 2.26. The van der Waals surface area contributed by atoms with Gasteiger partial charge in [0.1, 0.15) is 5.75 Å². The summed E-state index contributed by atoms with van der Waals surface area (Å²) >= 11 is 1.27. The van der Waals surface area contributed by atoms with Crippen LogP contribution in [0.2, 0.25) is 0 Å². The van der Waals surface area contributed by atoms with E-state index in [0.29, 0.717) is 28.0 Å². The molecule has 2 amide bonds. The van der Waals surface area contributed by atoms with Gasteiger partial charge in [0, 0.05) is 12.6 Å². The number of aryl methyl sites for hydroxylation is 2. The first-order chi connectivity index (χ1) is 15.3. The largest absolute Gasteiger partial charge is 0.495 e. The van der Waals surface area contributed by atoms with Crippen molar-refractivity contribution in [2.45, 2.75) is 32.0 Å². The number of aromatic nitrogens is 3. The van der Waals surface area contributed by atoms with Crippen molar-refractivity contribution in [2.75, 3.05) is 18.2 Å². The summed E-state index contributed by atoms with van der Waals surface area (Å²) in [6.07, 6.45) is 0. The fraction of sp³-hybridized carbons (Fsp3) is 0.304. The van der Waals surface area contributed by atoms with Crippen molar-refractivity contribution in [1.29, 1.82) is 0 Å². The van der Waals surface area contributed by atoms with Gasteiger partial charge in [-0.2, -0.15) is 0 Å². The Bertz CT molecular complexity index is 1130. The van der Waals surface area contributed by atoms with E-state index in [1.165, 1.54) is 11.8 Å². The van der Waals surface area contributed by atoms with E-state index in [1.807, 2.05) is 64.2 Å². The third-order valence-corrected chi connectivity index (χ3v) is 5.97. The molecule has 0 aliphatic rings. The molecule has 1 aromatic heterocycles. The summed E-state index contributed by atoms with van der Waals surface area (Å²) in [4.78, 5) is 25.0. The molecule has 0 saturated carbocycles. The molecule has 2 aromatic carbocycles. The topological polar surface area (TPSA) is 98.1 Å². The van der Waals surface area contributed by atoms with Crippen molar-refractivity contribution >= 4 is 29.3 Å². The minimum atomic E-state index is -0.348. The van der Waals surface area contributed by atoms with Gasteiger partial charge in [-0.15, -0.1) is 10.2 Å². The highest BCUT2D eigenvalue weighted by Gasteiger charge is 2.20. The van der Waals surface area contributed by atoms with E-state index in [1.54, 1.807) is 17.7 Å². The number of methoxy groups -OCH3 is 1. The molecule has 0 spiro atoms. The van der Waals surface area contributed by atoms with E-state index < -0.39 is 0 Å². The molecule has 9 heteroatoms. The van der Waals surface area contributed by atoms with Crippen LogP contribution < -0.4 is 15.4 Å². The van der Waals surface area contributed by atoms with Crippen molar-refractivity contribution in [3.8, 4) is 5.75 Å². The number of ether oxygens (including phenoxy) is 1. The summed E-state index contributed by atoms with van der Waals surface area (Å²) < 4.78 is 7.09. The van der Waals surface area contributed by atoms with E-state index in [9.17, 15) is 9.59 Å². The minimum absolute atomic E-state index is 0.160. The van der Waals surface area contributed by atoms with Gasteiger partial charge in [0.25, 0.3) is 5.91 Å². The Morgan fingerprint density at radius 3 is 2.62 bits per heavy atom. The fourth-order valence-electron chi connectivity index (χ4n) is 3.23. The Labute approximate surface area is 191 Å². The Morgan fingerprint density at radius 2 is 1.91 bits per heavy atom. The van der Waals surface area contributed by atoms with Crippen LogP contribution in [0, 0.1) is 13.8 Å². The lowest BCUT2D eigenvalue weighted by molar-refractivity contribution is -0.113. The van der Waals surface area contributed by atoms with Crippen LogP contribution in [-0.4, -0.2) is 39.4 Å². The fourth-order valence-corrected chi connectivity index (χ4v) is 3.95. The van der Waals surface area contributed by atoms with Crippen LogP contribution in [-0.2, 0) is 11.8 Å². The lowest BCUT2D eigenvalue weighted by Gasteiger charge is -2.14. The highest BCUT2D eigenvalue weighted by atomic mass is 32.2. The molecule has 0 bridgehead atoms. The van der Waals surface area contributed by atoms with Crippen LogP contribution in [0.15, 0.2) is 47.6 Å². The average Bonchev–Trinajstić information content (AvgIpc) is 3.13. The predicted molar refractivity (Wildman–Crippen MR) is 125 cm³/mol. The number of amides is 2. The number of rotatable bonds is 8. The standard InChI is InChI=1S/C23H27N5O3S/c1-14-10-11-19(31-5)18(12-14)25-20(29)13-32-23-27-26-21(28(23)4)16(3)24-22(30)17-9-7-6-8-15(17)2/h6-12,16H,13H2,1-5H3,(H,24,30)(H,25,29). The van der Waals surface area contributed by atoms with E-state index >= 15 is 0 Å². The normalized spacial score (nSPS) is 11.7. The number of benzene rings is 2. The van der Waals surface area contributed by atoms with E-state index in [2.05, 4.69) is 20.8 Å². The summed E-state index contributed by atoms with van der Waals surface area (Å²) in [5.41, 5.74) is 3.18. The molecule has 1 unspecified atom stereocenters. The Kier molecular flexibility index (Phi) is 7.53. The number of carbonyl (C=O) groups excluding carboxylic acids is 2. The van der Waals surface area contributed by atoms with E-state index in [-0.39, 0.29) is 23.6 Å². The van der Waals surface area contributed by atoms with Gasteiger partial charge in [-0.3, -0.25) is 9.59 Å². The molecule has 1 atom stereocenters. The van der Waals surface area contributed by atoms with Crippen LogP contribution in [0.25, 0.3) is 0 Å². The molecule has 1 heterocycles. The zero-order chi connectivity index (χ0) is 23.3. The van der Waals surface area contributed by atoms with Gasteiger partial charge < -0.3 is 19.9 Å². The summed E-state index contributed by atoms with van der Waals surface area (Å²) in [6.45, 7) is 5.70. The van der Waals surface area contributed by atoms with Crippen molar-refractivity contribution in [1.82, 2.24) is 20.1 Å². The van der Waals surface area contributed by atoms with Gasteiger partial charge in [0.15, 0.2) is 11.0 Å². The van der Waals surface area contributed by atoms with Gasteiger partial charge in [-0.25, -0.2) is 0 Å². The number of nitrogens with one attached hydrogen (secondary N) is 2. The summed E-state index contributed by atoms with van der Waals surface area (Å²) in [5.74, 6) is 1.03. The lowest BCUT2D eigenvalue weighted by Crippen LogP contribution is -2.29. The average molecular weight is 454 g/mol. The SMILES string of the molecule is COc1ccc(C)cc1NC(=O)CSc1nnc(C(C)NC(=O)c2ccccc2C)n1C. The van der Waals surface area contributed by atoms with Gasteiger partial charge in [-0.1, -0.05) is 36.0 Å². The molecule has 2 N–H and O–H groups in total. The van der Waals surface area contributed by atoms with Gasteiger partial charge in [-0.05, 0) is 50.1 Å². The summed E-state index contributed by atoms with van der Waals surface area (Å²) in [6, 6.07) is 12.7. The number of hydrogen-bond acceptors (Lipinski definition) is 6. The van der Waals surface area contributed by atoms with Crippen LogP contribution in [0.1, 0.15) is 40.3 Å². The molecule has 168 valence electrons. The summed E-state index contributed by atoms with van der Waals surface area (Å²) in [7, 11) is 3.38. The zero-order valence-electron chi connectivity index (χ0n) is 18.8. The van der Waals surface area contributed by atoms with Crippen LogP contribution in [0.3, 0.4) is 0 Å². The number of anilines is 1. The molecule has 8 nitrogen and oxygen atoms in total. The van der Waals surface area contributed by atoms with Gasteiger partial charge >= 0.3 is 0 Å². The van der Waals surface area contributed by atoms with Crippen LogP contribution in [0.5, 0.6) is 5.75 Å². The smallest absolute Gasteiger partial charge is 0.252 e. The Hall–Kier alpha value is -3.33. The molecule has 32 heavy (non-hydrogen) atoms. The number of nitrogens with zero attached hydrogens (tertiary/aromatic N) is 3. The first-order valence-corrected chi connectivity index (χ1v) is 11.1. The quantitative estimate of drug-likeness (QED) is 0.505. The minimum Gasteiger partial charge on any atom is -0.495 e. The Morgan fingerprint density at radius 1 is 1.16 bits per heavy atom. The van der Waals surface area contributed by atoms with Gasteiger partial charge in [0.2, 0.25) is 5.91 Å². The molecule has 0 aliphatic heterocycles. The lowest BCUT2D eigenvalue weighted by atomic mass is 10.1. The number of thioether (sulfide) groups is 1. The maximum absolute atomic E-state index is 12.6. The molecule has 3 aromatic rings. The molecule has 0 fully saturated rings. The number of hydrogen-bond donors (Lipinski definition) is 2. The monoisotopic (exact) mass is 453 g/mol. The second-order valence-corrected chi connectivity index (χ2v) is 8.39. The second kappa shape index (κ2) is 10.3. The summed E-state index contributed by atoms with van der Waals surface area (Å²) in [5, 5.41) is 14.8. The molecule has 3 rings (SSSR count). The van der Waals surface area contributed by atoms with Gasteiger partial charge in [0.05, 0.1) is 24.6 Å². The van der Waals surface area contributed by atoms with Crippen molar-refractivity contribution in [3.63, 3.8) is 0 Å². The highest BCUT2D eigenvalue weighted by molar-refractivity contribution is 7.99. The first kappa shape index (κ1) is 23.3.